The molecule has 0 amide bonds. The molecule has 0 fully saturated rings. The fraction of sp³-hybridized carbons (Fsp3) is 0.673. The van der Waals surface area contributed by atoms with Gasteiger partial charge in [-0.05, 0) is 154 Å². The lowest BCUT2D eigenvalue weighted by Gasteiger charge is -2.35. The summed E-state index contributed by atoms with van der Waals surface area (Å²) in [5, 5.41) is 0. The van der Waals surface area contributed by atoms with Crippen LogP contribution in [0.3, 0.4) is 0 Å². The Hall–Kier alpha value is -4.08. The predicted molar refractivity (Wildman–Crippen MR) is 469 cm³/mol. The molecule has 8 heteroatoms. The predicted octanol–water partition coefficient (Wildman–Crippen LogP) is 33.6. The first-order chi connectivity index (χ1) is 51.8. The van der Waals surface area contributed by atoms with Crippen molar-refractivity contribution < 1.29 is 0 Å². The van der Waals surface area contributed by atoms with E-state index in [1.54, 1.807) is 22.3 Å². The van der Waals surface area contributed by atoms with Crippen LogP contribution in [0.25, 0.3) is 75.6 Å². The first-order valence-electron chi connectivity index (χ1n) is 45.1. The van der Waals surface area contributed by atoms with Crippen molar-refractivity contribution in [1.82, 2.24) is 17.5 Å². The number of hydrogen-bond acceptors (Lipinski definition) is 8. The van der Waals surface area contributed by atoms with Crippen molar-refractivity contribution in [1.29, 1.82) is 0 Å². The molecule has 4 aromatic heterocycles. The summed E-state index contributed by atoms with van der Waals surface area (Å²) in [6.45, 7) is 24.0. The zero-order chi connectivity index (χ0) is 73.9. The van der Waals surface area contributed by atoms with Gasteiger partial charge >= 0.3 is 0 Å². The molecule has 4 aromatic carbocycles. The third kappa shape index (κ3) is 18.2. The van der Waals surface area contributed by atoms with Gasteiger partial charge in [0.2, 0.25) is 0 Å². The van der Waals surface area contributed by atoms with E-state index in [-0.39, 0.29) is 21.7 Å². The van der Waals surface area contributed by atoms with E-state index in [9.17, 15) is 0 Å². The molecule has 4 aliphatic carbocycles. The second kappa shape index (κ2) is 39.4. The number of thiophene rings is 2. The highest BCUT2D eigenvalue weighted by Crippen LogP contribution is 2.65. The molecule has 0 N–H and O–H groups in total. The van der Waals surface area contributed by atoms with Gasteiger partial charge in [-0.2, -0.15) is 17.5 Å². The van der Waals surface area contributed by atoms with E-state index in [1.165, 1.54) is 449 Å². The normalized spacial score (nSPS) is 15.1. The molecule has 0 spiro atoms. The van der Waals surface area contributed by atoms with Crippen LogP contribution in [-0.2, 0) is 21.7 Å². The van der Waals surface area contributed by atoms with Gasteiger partial charge in [-0.1, -0.05) is 370 Å². The summed E-state index contributed by atoms with van der Waals surface area (Å²) in [6.07, 6.45) is 70.5. The van der Waals surface area contributed by atoms with Gasteiger partial charge in [0.05, 0.1) is 23.5 Å². The summed E-state index contributed by atoms with van der Waals surface area (Å²) in [5.41, 5.74) is 27.8. The molecule has 0 unspecified atom stereocenters. The smallest absolute Gasteiger partial charge is 0.114 e. The summed E-state index contributed by atoms with van der Waals surface area (Å²) in [6, 6.07) is 21.5. The topological polar surface area (TPSA) is 51.6 Å². The van der Waals surface area contributed by atoms with E-state index in [0.29, 0.717) is 0 Å². The van der Waals surface area contributed by atoms with E-state index in [4.69, 9.17) is 17.5 Å². The van der Waals surface area contributed by atoms with Crippen LogP contribution in [0.15, 0.2) is 48.5 Å². The summed E-state index contributed by atoms with van der Waals surface area (Å²) < 4.78 is 21.7. The number of fused-ring (bicyclic) bond motifs is 16. The molecule has 578 valence electrons. The third-order valence-electron chi connectivity index (χ3n) is 27.0. The molecule has 12 rings (SSSR count). The van der Waals surface area contributed by atoms with Gasteiger partial charge in [0.15, 0.2) is 0 Å². The first-order valence-corrected chi connectivity index (χ1v) is 48.1. The van der Waals surface area contributed by atoms with Crippen molar-refractivity contribution in [2.24, 2.45) is 0 Å². The number of benzene rings is 4. The van der Waals surface area contributed by atoms with Crippen LogP contribution in [-0.4, -0.2) is 17.5 Å². The largest absolute Gasteiger partial charge is 0.173 e. The second-order valence-electron chi connectivity index (χ2n) is 35.7. The van der Waals surface area contributed by atoms with E-state index < -0.39 is 0 Å². The van der Waals surface area contributed by atoms with Gasteiger partial charge in [-0.15, -0.1) is 22.7 Å². The van der Waals surface area contributed by atoms with Crippen molar-refractivity contribution in [3.63, 3.8) is 0 Å². The minimum Gasteiger partial charge on any atom is -0.173 e. The minimum absolute atomic E-state index is 0.0296. The van der Waals surface area contributed by atoms with Gasteiger partial charge < -0.3 is 0 Å². The van der Waals surface area contributed by atoms with Crippen molar-refractivity contribution >= 4 is 68.2 Å². The van der Waals surface area contributed by atoms with E-state index >= 15 is 0 Å². The van der Waals surface area contributed by atoms with Crippen LogP contribution in [0, 0.1) is 13.8 Å². The number of rotatable bonds is 53. The molecule has 8 aromatic rings. The van der Waals surface area contributed by atoms with Crippen LogP contribution < -0.4 is 0 Å². The molecule has 4 nitrogen and oxygen atoms in total. The minimum atomic E-state index is -0.167. The maximum atomic E-state index is 5.64. The highest BCUT2D eigenvalue weighted by molar-refractivity contribution is 7.19. The van der Waals surface area contributed by atoms with Crippen LogP contribution in [0.5, 0.6) is 0 Å². The zero-order valence-electron chi connectivity index (χ0n) is 68.8. The van der Waals surface area contributed by atoms with Gasteiger partial charge in [-0.3, -0.25) is 0 Å². The molecule has 4 heterocycles. The van der Waals surface area contributed by atoms with Gasteiger partial charge in [0, 0.05) is 57.9 Å². The molecular weight excluding hydrogens is 1360 g/mol. The maximum Gasteiger partial charge on any atom is 0.114 e. The number of aromatic nitrogens is 4. The molecule has 4 aliphatic rings. The molecular formula is C98H142N4S4. The number of unbranched alkanes of at least 4 members (excludes halogenated alkanes) is 44. The highest BCUT2D eigenvalue weighted by atomic mass is 32.1. The van der Waals surface area contributed by atoms with Crippen molar-refractivity contribution in [3.05, 3.63) is 103 Å². The molecule has 0 saturated carbocycles. The fourth-order valence-electron chi connectivity index (χ4n) is 20.7. The second-order valence-corrected chi connectivity index (χ2v) is 39.1. The first kappa shape index (κ1) is 81.4. The van der Waals surface area contributed by atoms with Crippen LogP contribution in [0.1, 0.15) is 444 Å². The molecule has 0 atom stereocenters. The van der Waals surface area contributed by atoms with Crippen LogP contribution >= 0.6 is 46.1 Å². The Kier molecular flexibility index (Phi) is 30.3. The summed E-state index contributed by atoms with van der Waals surface area (Å²) in [4.78, 5) is 5.74. The third-order valence-corrected chi connectivity index (χ3v) is 30.4. The Labute approximate surface area is 662 Å². The van der Waals surface area contributed by atoms with Crippen LogP contribution in [0.2, 0.25) is 0 Å². The summed E-state index contributed by atoms with van der Waals surface area (Å²) in [7, 11) is 0. The van der Waals surface area contributed by atoms with Gasteiger partial charge in [0.1, 0.15) is 22.1 Å². The Morgan fingerprint density at radius 3 is 0.906 bits per heavy atom. The SMILES string of the molecule is CCCCCCCCCCCCCCC1(CCCCCCCCCCCCCC)c2cc3c(cc2-c2c1cc(C)c1nsnc21)C(CCCCCCCCCCCCCC)(CCCCCCCCCCCCCC)c1cc(-c2cc4c(s2)-c2cc5c(cc2C4(C)C)-c2sc(C)cc2C5(C)C)c2nsnc2c1-3. The van der Waals surface area contributed by atoms with Crippen molar-refractivity contribution in [2.75, 3.05) is 0 Å². The van der Waals surface area contributed by atoms with Crippen LogP contribution in [0.4, 0.5) is 0 Å². The summed E-state index contributed by atoms with van der Waals surface area (Å²) >= 11 is 6.96. The molecule has 0 aliphatic heterocycles. The molecule has 0 saturated heterocycles. The van der Waals surface area contributed by atoms with Gasteiger partial charge in [0.25, 0.3) is 0 Å². The number of aryl methyl sites for hydroxylation is 2. The summed E-state index contributed by atoms with van der Waals surface area (Å²) in [5.74, 6) is 0. The average Bonchev–Trinajstić information content (AvgIpc) is 1.53. The van der Waals surface area contributed by atoms with E-state index in [0.717, 1.165) is 16.6 Å². The fourth-order valence-corrected chi connectivity index (χ4v) is 24.4. The Bertz CT molecular complexity index is 4010. The van der Waals surface area contributed by atoms with Crippen molar-refractivity contribution in [3.8, 4) is 53.6 Å². The average molecular weight is 1500 g/mol. The van der Waals surface area contributed by atoms with Crippen molar-refractivity contribution in [2.45, 2.75) is 425 Å². The lowest BCUT2D eigenvalue weighted by molar-refractivity contribution is 0.393. The quantitative estimate of drug-likeness (QED) is 0.0357. The maximum absolute atomic E-state index is 5.64. The lowest BCUT2D eigenvalue weighted by atomic mass is 9.68. The molecule has 106 heavy (non-hydrogen) atoms. The Morgan fingerprint density at radius 1 is 0.255 bits per heavy atom. The Morgan fingerprint density at radius 2 is 0.538 bits per heavy atom. The number of hydrogen-bond donors (Lipinski definition) is 0. The standard InChI is InChI=1S/C98H142N4S4/c1-11-15-19-23-27-31-35-39-43-47-51-55-59-97(60-56-52-48-44-40-36-32-28-24-20-16-12-2)80-66-74-81(65-73(80)87-82(97)63-71(5)89-91(87)101-105-99-89)98(61-57-53-49-45-41-37-33-29-25-21-17-13-3,62-58-54-50-46-42-38-34-30-26-22-18-14-4)83-69-77(90-92(88(74)83)102-106-100-90)86-70-85-94(104-86)76-68-78-75(67-79(76)96(85,9)10)93-84(95(78,7)8)64-72(6)103-93/h63-70H,11-62H2,1-10H3. The lowest BCUT2D eigenvalue weighted by Crippen LogP contribution is -2.27. The highest BCUT2D eigenvalue weighted by Gasteiger charge is 2.51. The number of nitrogens with zero attached hydrogens (tertiary/aromatic N) is 4. The monoisotopic (exact) mass is 1500 g/mol. The van der Waals surface area contributed by atoms with E-state index in [1.807, 2.05) is 11.3 Å². The van der Waals surface area contributed by atoms with Gasteiger partial charge in [-0.25, -0.2) is 0 Å². The Balaban J connectivity index is 0.938. The van der Waals surface area contributed by atoms with E-state index in [2.05, 4.69) is 129 Å². The molecule has 0 radical (unpaired) electrons. The zero-order valence-corrected chi connectivity index (χ0v) is 72.1. The molecule has 0 bridgehead atoms.